The normalized spacial score (nSPS) is 15.7. The minimum absolute atomic E-state index is 0.292. The van der Waals surface area contributed by atoms with Gasteiger partial charge in [0.15, 0.2) is 5.82 Å². The molecule has 2 aromatic rings. The van der Waals surface area contributed by atoms with Crippen LogP contribution in [0, 0.1) is 6.92 Å². The van der Waals surface area contributed by atoms with E-state index in [0.29, 0.717) is 31.5 Å². The van der Waals surface area contributed by atoms with Gasteiger partial charge in [-0.25, -0.2) is 4.79 Å². The Morgan fingerprint density at radius 3 is 2.62 bits per heavy atom. The lowest BCUT2D eigenvalue weighted by molar-refractivity contribution is 0.0525. The smallest absolute Gasteiger partial charge is 0.407 e. The lowest BCUT2D eigenvalue weighted by Gasteiger charge is -2.25. The van der Waals surface area contributed by atoms with Crippen molar-refractivity contribution in [3.63, 3.8) is 0 Å². The monoisotopic (exact) mass is 402 g/mol. The number of aryl methyl sites for hydroxylation is 1. The Balaban J connectivity index is 1.72. The van der Waals surface area contributed by atoms with Gasteiger partial charge in [0.2, 0.25) is 5.95 Å². The summed E-state index contributed by atoms with van der Waals surface area (Å²) in [6.45, 7) is 10.7. The molecule has 1 amide bonds. The predicted octanol–water partition coefficient (Wildman–Crippen LogP) is 2.63. The lowest BCUT2D eigenvalue weighted by atomic mass is 10.2. The van der Waals surface area contributed by atoms with Gasteiger partial charge in [-0.1, -0.05) is 17.7 Å². The van der Waals surface area contributed by atoms with Crippen LogP contribution in [0.1, 0.15) is 38.2 Å². The molecule has 1 saturated heterocycles. The Morgan fingerprint density at radius 2 is 1.97 bits per heavy atom. The summed E-state index contributed by atoms with van der Waals surface area (Å²) in [7, 11) is 0. The second-order valence-electron chi connectivity index (χ2n) is 8.07. The number of benzene rings is 1. The first-order chi connectivity index (χ1) is 13.8. The van der Waals surface area contributed by atoms with Crippen LogP contribution in [-0.2, 0) is 9.47 Å². The highest BCUT2D eigenvalue weighted by molar-refractivity contribution is 5.67. The second kappa shape index (κ2) is 9.13. The van der Waals surface area contributed by atoms with E-state index in [4.69, 9.17) is 9.47 Å². The molecular formula is C20H30N6O3. The minimum Gasteiger partial charge on any atom is -0.444 e. The van der Waals surface area contributed by atoms with Gasteiger partial charge >= 0.3 is 6.09 Å². The molecule has 9 heteroatoms. The fourth-order valence-corrected chi connectivity index (χ4v) is 2.89. The number of carbonyl (C=O) groups is 1. The fraction of sp³-hybridized carbons (Fsp3) is 0.550. The van der Waals surface area contributed by atoms with Crippen LogP contribution in [0.4, 0.5) is 16.4 Å². The first kappa shape index (κ1) is 20.9. The van der Waals surface area contributed by atoms with Crippen LogP contribution in [0.25, 0.3) is 0 Å². The van der Waals surface area contributed by atoms with Crippen LogP contribution >= 0.6 is 0 Å². The molecule has 0 bridgehead atoms. The van der Waals surface area contributed by atoms with Crippen molar-refractivity contribution in [1.29, 1.82) is 0 Å². The molecule has 158 valence electrons. The van der Waals surface area contributed by atoms with Gasteiger partial charge in [-0.3, -0.25) is 5.10 Å². The Hall–Kier alpha value is -2.81. The van der Waals surface area contributed by atoms with Gasteiger partial charge in [-0.05, 0) is 39.8 Å². The van der Waals surface area contributed by atoms with Crippen molar-refractivity contribution in [3.05, 3.63) is 35.7 Å². The summed E-state index contributed by atoms with van der Waals surface area (Å²) in [6, 6.07) is 7.75. The molecule has 29 heavy (non-hydrogen) atoms. The van der Waals surface area contributed by atoms with Crippen molar-refractivity contribution in [2.24, 2.45) is 0 Å². The SMILES string of the molecule is Cc1ccc(NC(CNC(=O)OC(C)(C)C)c2nc(N3CCOCC3)n[nH]2)cc1. The number of aromatic nitrogens is 3. The van der Waals surface area contributed by atoms with Crippen molar-refractivity contribution in [3.8, 4) is 0 Å². The molecule has 1 aromatic heterocycles. The zero-order valence-corrected chi connectivity index (χ0v) is 17.5. The van der Waals surface area contributed by atoms with Crippen LogP contribution in [0.5, 0.6) is 0 Å². The quantitative estimate of drug-likeness (QED) is 0.682. The predicted molar refractivity (Wildman–Crippen MR) is 111 cm³/mol. The van der Waals surface area contributed by atoms with E-state index in [2.05, 4.69) is 30.7 Å². The molecule has 1 aliphatic rings. The topological polar surface area (TPSA) is 104 Å². The van der Waals surface area contributed by atoms with Gasteiger partial charge < -0.3 is 25.0 Å². The number of amides is 1. The third-order valence-electron chi connectivity index (χ3n) is 4.36. The van der Waals surface area contributed by atoms with Gasteiger partial charge in [-0.2, -0.15) is 4.98 Å². The molecule has 1 atom stereocenters. The van der Waals surface area contributed by atoms with Gasteiger partial charge in [0.25, 0.3) is 0 Å². The number of anilines is 2. The molecular weight excluding hydrogens is 372 g/mol. The number of morpholine rings is 1. The molecule has 3 rings (SSSR count). The van der Waals surface area contributed by atoms with Crippen molar-refractivity contribution < 1.29 is 14.3 Å². The van der Waals surface area contributed by atoms with Crippen molar-refractivity contribution >= 4 is 17.7 Å². The minimum atomic E-state index is -0.556. The molecule has 9 nitrogen and oxygen atoms in total. The van der Waals surface area contributed by atoms with E-state index < -0.39 is 11.7 Å². The number of hydrogen-bond donors (Lipinski definition) is 3. The summed E-state index contributed by atoms with van der Waals surface area (Å²) in [6.07, 6.45) is -0.471. The van der Waals surface area contributed by atoms with Crippen LogP contribution in [0.15, 0.2) is 24.3 Å². The standard InChI is InChI=1S/C20H30N6O3/c1-14-5-7-15(8-6-14)22-16(13-21-19(27)29-20(2,3)4)17-23-18(25-24-17)26-9-11-28-12-10-26/h5-8,16,22H,9-13H2,1-4H3,(H,21,27)(H,23,24,25). The van der Waals surface area contributed by atoms with E-state index >= 15 is 0 Å². The fourth-order valence-electron chi connectivity index (χ4n) is 2.89. The molecule has 0 spiro atoms. The lowest BCUT2D eigenvalue weighted by Crippen LogP contribution is -2.37. The number of nitrogens with zero attached hydrogens (tertiary/aromatic N) is 3. The van der Waals surface area contributed by atoms with Gasteiger partial charge in [0.05, 0.1) is 13.2 Å². The van der Waals surface area contributed by atoms with Crippen molar-refractivity contribution in [2.45, 2.75) is 39.3 Å². The highest BCUT2D eigenvalue weighted by Crippen LogP contribution is 2.20. The highest BCUT2D eigenvalue weighted by atomic mass is 16.6. The molecule has 1 unspecified atom stereocenters. The van der Waals surface area contributed by atoms with Gasteiger partial charge in [0, 0.05) is 25.3 Å². The van der Waals surface area contributed by atoms with E-state index in [1.807, 2.05) is 52.0 Å². The summed E-state index contributed by atoms with van der Waals surface area (Å²) in [5.41, 5.74) is 1.55. The molecule has 0 aliphatic carbocycles. The molecule has 1 aliphatic heterocycles. The van der Waals surface area contributed by atoms with Gasteiger partial charge in [0.1, 0.15) is 11.6 Å². The maximum atomic E-state index is 12.1. The maximum Gasteiger partial charge on any atom is 0.407 e. The molecule has 2 heterocycles. The summed E-state index contributed by atoms with van der Waals surface area (Å²) in [5.74, 6) is 1.28. The molecule has 1 fully saturated rings. The molecule has 0 saturated carbocycles. The van der Waals surface area contributed by atoms with Crippen LogP contribution in [0.2, 0.25) is 0 Å². The third-order valence-corrected chi connectivity index (χ3v) is 4.36. The van der Waals surface area contributed by atoms with E-state index in [1.54, 1.807) is 0 Å². The molecule has 1 aromatic carbocycles. The average molecular weight is 402 g/mol. The summed E-state index contributed by atoms with van der Waals surface area (Å²) >= 11 is 0. The zero-order chi connectivity index (χ0) is 20.9. The second-order valence-corrected chi connectivity index (χ2v) is 8.07. The summed E-state index contributed by atoms with van der Waals surface area (Å²) in [4.78, 5) is 18.8. The summed E-state index contributed by atoms with van der Waals surface area (Å²) < 4.78 is 10.7. The number of carbonyl (C=O) groups excluding carboxylic acids is 1. The van der Waals surface area contributed by atoms with Crippen LogP contribution in [-0.4, -0.2) is 59.7 Å². The first-order valence-electron chi connectivity index (χ1n) is 9.85. The summed E-state index contributed by atoms with van der Waals surface area (Å²) in [5, 5.41) is 13.6. The van der Waals surface area contributed by atoms with Crippen molar-refractivity contribution in [2.75, 3.05) is 43.1 Å². The number of ether oxygens (including phenoxy) is 2. The zero-order valence-electron chi connectivity index (χ0n) is 17.5. The largest absolute Gasteiger partial charge is 0.444 e. The maximum absolute atomic E-state index is 12.1. The molecule has 0 radical (unpaired) electrons. The molecule has 3 N–H and O–H groups in total. The Labute approximate surface area is 171 Å². The van der Waals surface area contributed by atoms with E-state index in [-0.39, 0.29) is 6.04 Å². The third kappa shape index (κ3) is 6.35. The van der Waals surface area contributed by atoms with Gasteiger partial charge in [-0.15, -0.1) is 5.10 Å². The van der Waals surface area contributed by atoms with E-state index in [9.17, 15) is 4.79 Å². The number of aromatic amines is 1. The highest BCUT2D eigenvalue weighted by Gasteiger charge is 2.22. The first-order valence-corrected chi connectivity index (χ1v) is 9.85. The Kier molecular flexibility index (Phi) is 6.58. The van der Waals surface area contributed by atoms with Crippen LogP contribution in [0.3, 0.4) is 0 Å². The Morgan fingerprint density at radius 1 is 1.28 bits per heavy atom. The number of nitrogens with one attached hydrogen (secondary N) is 3. The number of rotatable bonds is 6. The van der Waals surface area contributed by atoms with Crippen molar-refractivity contribution in [1.82, 2.24) is 20.5 Å². The Bertz CT molecular complexity index is 793. The number of hydrogen-bond acceptors (Lipinski definition) is 7. The van der Waals surface area contributed by atoms with E-state index in [1.165, 1.54) is 5.56 Å². The number of H-pyrrole nitrogens is 1. The van der Waals surface area contributed by atoms with E-state index in [0.717, 1.165) is 18.8 Å². The van der Waals surface area contributed by atoms with Crippen LogP contribution < -0.4 is 15.5 Å². The number of alkyl carbamates (subject to hydrolysis) is 1. The average Bonchev–Trinajstić information content (AvgIpc) is 3.16.